The molecule has 0 bridgehead atoms. The van der Waals surface area contributed by atoms with Crippen molar-refractivity contribution in [1.82, 2.24) is 5.32 Å². The summed E-state index contributed by atoms with van der Waals surface area (Å²) in [6.45, 7) is -0.867. The first-order chi connectivity index (χ1) is 7.31. The molecule has 1 aliphatic carbocycles. The van der Waals surface area contributed by atoms with Crippen LogP contribution in [0.3, 0.4) is 0 Å². The van der Waals surface area contributed by atoms with E-state index in [1.54, 1.807) is 0 Å². The summed E-state index contributed by atoms with van der Waals surface area (Å²) in [6, 6.07) is -0.0569. The Morgan fingerprint density at radius 1 is 1.50 bits per heavy atom. The lowest BCUT2D eigenvalue weighted by Crippen LogP contribution is -2.60. The molecule has 0 aromatic carbocycles. The van der Waals surface area contributed by atoms with Gasteiger partial charge in [0.15, 0.2) is 0 Å². The lowest BCUT2D eigenvalue weighted by atomic mass is 9.92. The molecular weight excluding hydrogens is 227 g/mol. The Bertz CT molecular complexity index is 265. The molecular formula is C9H14F3NO3. The van der Waals surface area contributed by atoms with E-state index in [-0.39, 0.29) is 6.04 Å². The number of carbonyl (C=O) groups excluding carboxylic acids is 1. The Morgan fingerprint density at radius 2 is 2.06 bits per heavy atom. The summed E-state index contributed by atoms with van der Waals surface area (Å²) in [7, 11) is 0.808. The Labute approximate surface area is 90.8 Å². The van der Waals surface area contributed by atoms with Gasteiger partial charge in [-0.2, -0.15) is 13.2 Å². The summed E-state index contributed by atoms with van der Waals surface area (Å²) in [6.07, 6.45) is -2.58. The van der Waals surface area contributed by atoms with Crippen molar-refractivity contribution in [3.8, 4) is 0 Å². The quantitative estimate of drug-likeness (QED) is 0.707. The Balaban J connectivity index is 2.66. The van der Waals surface area contributed by atoms with Gasteiger partial charge in [0.2, 0.25) is 0 Å². The first-order valence-electron chi connectivity index (χ1n) is 4.92. The number of rotatable bonds is 4. The molecule has 0 aromatic heterocycles. The second kappa shape index (κ2) is 4.58. The summed E-state index contributed by atoms with van der Waals surface area (Å²) < 4.78 is 41.5. The molecule has 0 spiro atoms. The van der Waals surface area contributed by atoms with Crippen LogP contribution in [0.4, 0.5) is 13.2 Å². The van der Waals surface area contributed by atoms with Gasteiger partial charge in [0.05, 0.1) is 7.11 Å². The largest absolute Gasteiger partial charge is 0.467 e. The first-order valence-corrected chi connectivity index (χ1v) is 4.92. The fraction of sp³-hybridized carbons (Fsp3) is 0.889. The summed E-state index contributed by atoms with van der Waals surface area (Å²) in [4.78, 5) is 11.0. The second-order valence-electron chi connectivity index (χ2n) is 3.86. The van der Waals surface area contributed by atoms with Crippen molar-refractivity contribution in [3.63, 3.8) is 0 Å². The topological polar surface area (TPSA) is 58.6 Å². The smallest absolute Gasteiger partial charge is 0.429 e. The van der Waals surface area contributed by atoms with Gasteiger partial charge in [-0.25, -0.2) is 4.79 Å². The number of methoxy groups -OCH3 is 1. The highest BCUT2D eigenvalue weighted by Gasteiger charge is 2.60. The number of nitrogens with one attached hydrogen (secondary N) is 1. The number of carbonyl (C=O) groups is 1. The lowest BCUT2D eigenvalue weighted by Gasteiger charge is -2.32. The fourth-order valence-electron chi connectivity index (χ4n) is 1.36. The molecule has 2 N–H and O–H groups in total. The number of esters is 1. The van der Waals surface area contributed by atoms with Gasteiger partial charge in [-0.05, 0) is 12.8 Å². The Morgan fingerprint density at radius 3 is 2.38 bits per heavy atom. The maximum atomic E-state index is 12.5. The molecule has 1 unspecified atom stereocenters. The highest BCUT2D eigenvalue weighted by atomic mass is 19.4. The van der Waals surface area contributed by atoms with E-state index in [1.807, 2.05) is 0 Å². The average molecular weight is 241 g/mol. The number of hydrogen-bond acceptors (Lipinski definition) is 4. The third-order valence-electron chi connectivity index (χ3n) is 2.74. The number of hydrogen-bond donors (Lipinski definition) is 2. The molecule has 1 saturated carbocycles. The third-order valence-corrected chi connectivity index (χ3v) is 2.74. The molecule has 0 radical (unpaired) electrons. The van der Waals surface area contributed by atoms with Gasteiger partial charge in [-0.3, -0.25) is 0 Å². The summed E-state index contributed by atoms with van der Waals surface area (Å²) >= 11 is 0. The van der Waals surface area contributed by atoms with Crippen LogP contribution in [0.25, 0.3) is 0 Å². The molecule has 4 nitrogen and oxygen atoms in total. The van der Waals surface area contributed by atoms with Gasteiger partial charge < -0.3 is 15.2 Å². The highest BCUT2D eigenvalue weighted by Crippen LogP contribution is 2.31. The zero-order valence-electron chi connectivity index (χ0n) is 8.80. The van der Waals surface area contributed by atoms with Gasteiger partial charge in [-0.15, -0.1) is 0 Å². The van der Waals surface area contributed by atoms with E-state index >= 15 is 0 Å². The van der Waals surface area contributed by atoms with E-state index in [1.165, 1.54) is 0 Å². The lowest BCUT2D eigenvalue weighted by molar-refractivity contribution is -0.260. The first kappa shape index (κ1) is 13.2. The molecule has 0 heterocycles. The molecule has 1 rings (SSSR count). The highest BCUT2D eigenvalue weighted by molar-refractivity contribution is 5.80. The van der Waals surface area contributed by atoms with Gasteiger partial charge in [-0.1, -0.05) is 6.42 Å². The van der Waals surface area contributed by atoms with Gasteiger partial charge in [0, 0.05) is 12.6 Å². The maximum absolute atomic E-state index is 12.5. The molecule has 1 atom stereocenters. The standard InChI is InChI=1S/C9H14F3NO3/c1-16-7(14)8(15,9(10,11)12)5-13-6-3-2-4-6/h6,13,15H,2-5H2,1H3. The minimum atomic E-state index is -5.04. The molecule has 0 saturated heterocycles. The number of ether oxygens (including phenoxy) is 1. The normalized spacial score (nSPS) is 21.1. The van der Waals surface area contributed by atoms with Crippen LogP contribution in [-0.2, 0) is 9.53 Å². The summed E-state index contributed by atoms with van der Waals surface area (Å²) in [5.74, 6) is -1.69. The molecule has 1 aliphatic rings. The van der Waals surface area contributed by atoms with Gasteiger partial charge in [0.25, 0.3) is 5.60 Å². The van der Waals surface area contributed by atoms with E-state index in [4.69, 9.17) is 0 Å². The van der Waals surface area contributed by atoms with E-state index in [0.717, 1.165) is 26.4 Å². The summed E-state index contributed by atoms with van der Waals surface area (Å²) in [5, 5.41) is 11.8. The molecule has 0 amide bonds. The number of alkyl halides is 3. The van der Waals surface area contributed by atoms with Gasteiger partial charge >= 0.3 is 12.1 Å². The van der Waals surface area contributed by atoms with Crippen LogP contribution in [0.2, 0.25) is 0 Å². The monoisotopic (exact) mass is 241 g/mol. The molecule has 0 aliphatic heterocycles. The van der Waals surface area contributed by atoms with Crippen molar-refractivity contribution in [2.45, 2.75) is 37.1 Å². The second-order valence-corrected chi connectivity index (χ2v) is 3.86. The van der Waals surface area contributed by atoms with Crippen LogP contribution < -0.4 is 5.32 Å². The summed E-state index contributed by atoms with van der Waals surface area (Å²) in [5.41, 5.74) is -3.46. The zero-order valence-corrected chi connectivity index (χ0v) is 8.80. The third kappa shape index (κ3) is 2.46. The van der Waals surface area contributed by atoms with Gasteiger partial charge in [0.1, 0.15) is 0 Å². The van der Waals surface area contributed by atoms with Crippen LogP contribution in [0, 0.1) is 0 Å². The Hall–Kier alpha value is -0.820. The minimum Gasteiger partial charge on any atom is -0.467 e. The predicted molar refractivity (Wildman–Crippen MR) is 48.7 cm³/mol. The van der Waals surface area contributed by atoms with Crippen LogP contribution >= 0.6 is 0 Å². The Kier molecular flexibility index (Phi) is 3.80. The van der Waals surface area contributed by atoms with E-state index in [9.17, 15) is 23.1 Å². The maximum Gasteiger partial charge on any atom is 0.429 e. The molecule has 16 heavy (non-hydrogen) atoms. The zero-order chi connectivity index (χ0) is 12.4. The molecule has 94 valence electrons. The predicted octanol–water partition coefficient (Wildman–Crippen LogP) is 0.595. The number of halogens is 3. The molecule has 0 aromatic rings. The van der Waals surface area contributed by atoms with Crippen molar-refractivity contribution >= 4 is 5.97 Å². The molecule has 1 fully saturated rings. The van der Waals surface area contributed by atoms with E-state index in [0.29, 0.717) is 0 Å². The fourth-order valence-corrected chi connectivity index (χ4v) is 1.36. The van der Waals surface area contributed by atoms with Crippen molar-refractivity contribution in [3.05, 3.63) is 0 Å². The van der Waals surface area contributed by atoms with Crippen molar-refractivity contribution < 1.29 is 27.8 Å². The van der Waals surface area contributed by atoms with Crippen LogP contribution in [0.5, 0.6) is 0 Å². The van der Waals surface area contributed by atoms with Crippen LogP contribution in [0.15, 0.2) is 0 Å². The van der Waals surface area contributed by atoms with Crippen LogP contribution in [0.1, 0.15) is 19.3 Å². The minimum absolute atomic E-state index is 0.0569. The van der Waals surface area contributed by atoms with Crippen LogP contribution in [-0.4, -0.2) is 42.5 Å². The van der Waals surface area contributed by atoms with Crippen molar-refractivity contribution in [2.75, 3.05) is 13.7 Å². The SMILES string of the molecule is COC(=O)C(O)(CNC1CCC1)C(F)(F)F. The van der Waals surface area contributed by atoms with Crippen molar-refractivity contribution in [1.29, 1.82) is 0 Å². The van der Waals surface area contributed by atoms with Crippen molar-refractivity contribution in [2.24, 2.45) is 0 Å². The average Bonchev–Trinajstić information content (AvgIpc) is 2.11. The van der Waals surface area contributed by atoms with E-state index < -0.39 is 24.3 Å². The van der Waals surface area contributed by atoms with E-state index in [2.05, 4.69) is 10.1 Å². The molecule has 7 heteroatoms. The number of aliphatic hydroxyl groups is 1.